The molecule has 126 valence electrons. The van der Waals surface area contributed by atoms with Crippen LogP contribution in [0.4, 0.5) is 0 Å². The molecule has 7 heteroatoms. The molecule has 0 saturated carbocycles. The first-order valence-corrected chi connectivity index (χ1v) is 7.91. The van der Waals surface area contributed by atoms with Crippen molar-refractivity contribution in [2.24, 2.45) is 0 Å². The number of carbonyl (C=O) groups is 2. The number of rotatable bonds is 5. The summed E-state index contributed by atoms with van der Waals surface area (Å²) in [5.74, 6) is -1.25. The molecule has 2 N–H and O–H groups in total. The van der Waals surface area contributed by atoms with Crippen molar-refractivity contribution in [3.63, 3.8) is 0 Å². The minimum absolute atomic E-state index is 0.278. The normalized spacial score (nSPS) is 20.5. The van der Waals surface area contributed by atoms with Gasteiger partial charge < -0.3 is 15.2 Å². The van der Waals surface area contributed by atoms with Crippen LogP contribution in [0.2, 0.25) is 0 Å². The summed E-state index contributed by atoms with van der Waals surface area (Å²) in [5.41, 5.74) is 1.18. The molecule has 2 heterocycles. The van der Waals surface area contributed by atoms with Crippen molar-refractivity contribution in [3.8, 4) is 5.69 Å². The average molecular weight is 329 g/mol. The molecule has 3 rings (SSSR count). The minimum Gasteiger partial charge on any atom is -0.479 e. The van der Waals surface area contributed by atoms with Gasteiger partial charge in [0.25, 0.3) is 5.91 Å². The molecule has 7 nitrogen and oxygen atoms in total. The van der Waals surface area contributed by atoms with Crippen LogP contribution in [-0.2, 0) is 9.53 Å². The second-order valence-electron chi connectivity index (χ2n) is 5.71. The maximum Gasteiger partial charge on any atom is 0.332 e. The molecule has 1 aromatic heterocycles. The van der Waals surface area contributed by atoms with Gasteiger partial charge in [-0.3, -0.25) is 4.79 Å². The van der Waals surface area contributed by atoms with Gasteiger partial charge in [0.2, 0.25) is 0 Å². The molecule has 1 aliphatic rings. The molecule has 1 aromatic carbocycles. The highest BCUT2D eigenvalue weighted by Crippen LogP contribution is 2.18. The number of ether oxygens (including phenoxy) is 1. The molecular formula is C17H19N3O4. The SMILES string of the molecule is O=C(NC[C@H]1CCC[C@@H](C(=O)O)O1)c1ccn(-c2ccccc2)n1. The van der Waals surface area contributed by atoms with Gasteiger partial charge in [-0.25, -0.2) is 9.48 Å². The summed E-state index contributed by atoms with van der Waals surface area (Å²) < 4.78 is 7.10. The third-order valence-electron chi connectivity index (χ3n) is 3.96. The molecule has 0 aliphatic carbocycles. The van der Waals surface area contributed by atoms with E-state index in [-0.39, 0.29) is 18.6 Å². The lowest BCUT2D eigenvalue weighted by atomic mass is 10.0. The molecule has 1 fully saturated rings. The summed E-state index contributed by atoms with van der Waals surface area (Å²) in [5, 5.41) is 16.0. The van der Waals surface area contributed by atoms with Crippen LogP contribution in [0.5, 0.6) is 0 Å². The van der Waals surface area contributed by atoms with Crippen LogP contribution in [0.25, 0.3) is 5.69 Å². The highest BCUT2D eigenvalue weighted by molar-refractivity contribution is 5.92. The Morgan fingerprint density at radius 3 is 2.79 bits per heavy atom. The Balaban J connectivity index is 1.56. The van der Waals surface area contributed by atoms with Crippen LogP contribution in [0.3, 0.4) is 0 Å². The van der Waals surface area contributed by atoms with E-state index in [2.05, 4.69) is 10.4 Å². The fraction of sp³-hybridized carbons (Fsp3) is 0.353. The summed E-state index contributed by atoms with van der Waals surface area (Å²) in [6.45, 7) is 0.279. The number of aromatic nitrogens is 2. The third kappa shape index (κ3) is 3.80. The van der Waals surface area contributed by atoms with E-state index in [0.29, 0.717) is 12.1 Å². The highest BCUT2D eigenvalue weighted by Gasteiger charge is 2.27. The lowest BCUT2D eigenvalue weighted by Crippen LogP contribution is -2.40. The molecule has 0 spiro atoms. The maximum atomic E-state index is 12.2. The molecule has 0 unspecified atom stereocenters. The van der Waals surface area contributed by atoms with Crippen LogP contribution in [0, 0.1) is 0 Å². The van der Waals surface area contributed by atoms with E-state index in [1.165, 1.54) is 0 Å². The Hall–Kier alpha value is -2.67. The van der Waals surface area contributed by atoms with Crippen molar-refractivity contribution in [2.45, 2.75) is 31.5 Å². The fourth-order valence-corrected chi connectivity index (χ4v) is 2.70. The van der Waals surface area contributed by atoms with Crippen LogP contribution >= 0.6 is 0 Å². The van der Waals surface area contributed by atoms with E-state index >= 15 is 0 Å². The van der Waals surface area contributed by atoms with Crippen LogP contribution in [0.15, 0.2) is 42.6 Å². The summed E-state index contributed by atoms with van der Waals surface area (Å²) in [6.07, 6.45) is 2.70. The van der Waals surface area contributed by atoms with E-state index in [0.717, 1.165) is 18.5 Å². The molecule has 2 aromatic rings. The van der Waals surface area contributed by atoms with Crippen molar-refractivity contribution in [3.05, 3.63) is 48.3 Å². The minimum atomic E-state index is -0.951. The molecule has 0 radical (unpaired) electrons. The van der Waals surface area contributed by atoms with E-state index in [9.17, 15) is 9.59 Å². The van der Waals surface area contributed by atoms with Gasteiger partial charge in [-0.05, 0) is 37.5 Å². The van der Waals surface area contributed by atoms with Gasteiger partial charge in [-0.2, -0.15) is 5.10 Å². The topological polar surface area (TPSA) is 93.5 Å². The van der Waals surface area contributed by atoms with Crippen LogP contribution < -0.4 is 5.32 Å². The standard InChI is InChI=1S/C17H19N3O4/c21-16(18-11-13-7-4-8-15(24-13)17(22)23)14-9-10-20(19-14)12-5-2-1-3-6-12/h1-3,5-6,9-10,13,15H,4,7-8,11H2,(H,18,21)(H,22,23)/t13-,15+/m1/s1. The first-order valence-electron chi connectivity index (χ1n) is 7.91. The third-order valence-corrected chi connectivity index (χ3v) is 3.96. The smallest absolute Gasteiger partial charge is 0.332 e. The van der Waals surface area contributed by atoms with Crippen LogP contribution in [-0.4, -0.2) is 45.5 Å². The maximum absolute atomic E-state index is 12.2. The van der Waals surface area contributed by atoms with E-state index < -0.39 is 12.1 Å². The Labute approximate surface area is 139 Å². The van der Waals surface area contributed by atoms with Crippen LogP contribution in [0.1, 0.15) is 29.8 Å². The van der Waals surface area contributed by atoms with Crippen molar-refractivity contribution >= 4 is 11.9 Å². The number of amides is 1. The number of hydrogen-bond acceptors (Lipinski definition) is 4. The quantitative estimate of drug-likeness (QED) is 0.869. The Kier molecular flexibility index (Phi) is 4.90. The van der Waals surface area contributed by atoms with Crippen molar-refractivity contribution in [2.75, 3.05) is 6.54 Å². The van der Waals surface area contributed by atoms with Crippen molar-refractivity contribution in [1.29, 1.82) is 0 Å². The van der Waals surface area contributed by atoms with Gasteiger partial charge in [-0.1, -0.05) is 18.2 Å². The number of aliphatic carboxylic acids is 1. The number of carboxylic acids is 1. The summed E-state index contributed by atoms with van der Waals surface area (Å²) in [4.78, 5) is 23.2. The van der Waals surface area contributed by atoms with Gasteiger partial charge in [0.05, 0.1) is 11.8 Å². The predicted octanol–water partition coefficient (Wildman–Crippen LogP) is 1.62. The monoisotopic (exact) mass is 329 g/mol. The Morgan fingerprint density at radius 1 is 1.25 bits per heavy atom. The zero-order valence-corrected chi connectivity index (χ0v) is 13.1. The summed E-state index contributed by atoms with van der Waals surface area (Å²) >= 11 is 0. The van der Waals surface area contributed by atoms with E-state index in [1.54, 1.807) is 16.9 Å². The number of nitrogens with one attached hydrogen (secondary N) is 1. The first-order chi connectivity index (χ1) is 11.6. The molecule has 0 bridgehead atoms. The van der Waals surface area contributed by atoms with Gasteiger partial charge in [0, 0.05) is 12.7 Å². The number of carbonyl (C=O) groups excluding carboxylic acids is 1. The number of carboxylic acid groups (broad SMARTS) is 1. The van der Waals surface area contributed by atoms with Gasteiger partial charge in [0.1, 0.15) is 0 Å². The molecule has 1 aliphatic heterocycles. The summed E-state index contributed by atoms with van der Waals surface area (Å²) in [7, 11) is 0. The number of para-hydroxylation sites is 1. The lowest BCUT2D eigenvalue weighted by molar-refractivity contribution is -0.158. The second-order valence-corrected chi connectivity index (χ2v) is 5.71. The van der Waals surface area contributed by atoms with Gasteiger partial charge in [-0.15, -0.1) is 0 Å². The van der Waals surface area contributed by atoms with E-state index in [4.69, 9.17) is 9.84 Å². The number of benzene rings is 1. The summed E-state index contributed by atoms with van der Waals surface area (Å²) in [6, 6.07) is 11.2. The molecular weight excluding hydrogens is 310 g/mol. The molecule has 24 heavy (non-hydrogen) atoms. The fourth-order valence-electron chi connectivity index (χ4n) is 2.70. The van der Waals surface area contributed by atoms with Gasteiger partial charge in [0.15, 0.2) is 11.8 Å². The molecule has 1 saturated heterocycles. The Bertz CT molecular complexity index is 714. The molecule has 1 amide bonds. The molecule has 2 atom stereocenters. The van der Waals surface area contributed by atoms with Gasteiger partial charge >= 0.3 is 5.97 Å². The predicted molar refractivity (Wildman–Crippen MR) is 86.0 cm³/mol. The van der Waals surface area contributed by atoms with Crippen molar-refractivity contribution < 1.29 is 19.4 Å². The number of nitrogens with zero attached hydrogens (tertiary/aromatic N) is 2. The average Bonchev–Trinajstić information content (AvgIpc) is 3.11. The zero-order valence-electron chi connectivity index (χ0n) is 13.1. The van der Waals surface area contributed by atoms with E-state index in [1.807, 2.05) is 30.3 Å². The first kappa shape index (κ1) is 16.2. The van der Waals surface area contributed by atoms with Crippen molar-refractivity contribution in [1.82, 2.24) is 15.1 Å². The highest BCUT2D eigenvalue weighted by atomic mass is 16.5. The lowest BCUT2D eigenvalue weighted by Gasteiger charge is -2.27. The number of hydrogen-bond donors (Lipinski definition) is 2. The zero-order chi connectivity index (χ0) is 16.9. The Morgan fingerprint density at radius 2 is 2.04 bits per heavy atom. The largest absolute Gasteiger partial charge is 0.479 e. The second kappa shape index (κ2) is 7.27.